The van der Waals surface area contributed by atoms with Crippen molar-refractivity contribution in [3.8, 4) is 10.6 Å². The zero-order valence-corrected chi connectivity index (χ0v) is 21.1. The van der Waals surface area contributed by atoms with Gasteiger partial charge < -0.3 is 9.80 Å². The summed E-state index contributed by atoms with van der Waals surface area (Å²) in [4.78, 5) is 35.3. The zero-order chi connectivity index (χ0) is 25.1. The second-order valence-electron chi connectivity index (χ2n) is 9.24. The molecule has 184 valence electrons. The van der Waals surface area contributed by atoms with Crippen molar-refractivity contribution in [1.29, 1.82) is 0 Å². The number of rotatable bonds is 8. The van der Waals surface area contributed by atoms with Crippen LogP contribution >= 0.6 is 11.3 Å². The number of fused-ring (bicyclic) bond motifs is 1. The van der Waals surface area contributed by atoms with Crippen molar-refractivity contribution in [3.05, 3.63) is 88.6 Å². The molecule has 0 spiro atoms. The Balaban J connectivity index is 1.48. The highest BCUT2D eigenvalue weighted by atomic mass is 32.1. The van der Waals surface area contributed by atoms with E-state index in [2.05, 4.69) is 12.1 Å². The fraction of sp³-hybridized carbons (Fsp3) is 0.276. The topological polar surface area (TPSA) is 53.5 Å². The molecule has 36 heavy (non-hydrogen) atoms. The van der Waals surface area contributed by atoms with Crippen LogP contribution in [0, 0.1) is 12.7 Å². The van der Waals surface area contributed by atoms with Crippen molar-refractivity contribution in [2.45, 2.75) is 32.7 Å². The highest BCUT2D eigenvalue weighted by Gasteiger charge is 2.23. The van der Waals surface area contributed by atoms with Gasteiger partial charge in [-0.2, -0.15) is 0 Å². The SMILES string of the molecule is Cc1ccc2nc(-c3cccs3)c(CN(CCCN3CCCC3=O)C(=O)c3cccc(F)c3)cc2c1. The van der Waals surface area contributed by atoms with Crippen molar-refractivity contribution in [2.24, 2.45) is 0 Å². The first kappa shape index (κ1) is 24.1. The molecule has 0 bridgehead atoms. The van der Waals surface area contributed by atoms with Gasteiger partial charge in [0.25, 0.3) is 5.91 Å². The molecule has 5 rings (SSSR count). The van der Waals surface area contributed by atoms with Crippen LogP contribution in [0.15, 0.2) is 66.0 Å². The molecule has 0 aliphatic carbocycles. The Morgan fingerprint density at radius 1 is 1.14 bits per heavy atom. The molecule has 0 saturated carbocycles. The molecule has 0 radical (unpaired) electrons. The Morgan fingerprint density at radius 3 is 2.78 bits per heavy atom. The average molecular weight is 502 g/mol. The first-order chi connectivity index (χ1) is 17.5. The third-order valence-corrected chi connectivity index (χ3v) is 7.43. The van der Waals surface area contributed by atoms with Gasteiger partial charge in [0.1, 0.15) is 5.82 Å². The number of carbonyl (C=O) groups excluding carboxylic acids is 2. The molecule has 2 amide bonds. The van der Waals surface area contributed by atoms with E-state index in [0.717, 1.165) is 45.6 Å². The molecule has 0 N–H and O–H groups in total. The fourth-order valence-electron chi connectivity index (χ4n) is 4.74. The summed E-state index contributed by atoms with van der Waals surface area (Å²) in [6.07, 6.45) is 2.14. The molecule has 2 aromatic heterocycles. The second kappa shape index (κ2) is 10.6. The van der Waals surface area contributed by atoms with Gasteiger partial charge >= 0.3 is 0 Å². The molecule has 1 saturated heterocycles. The second-order valence-corrected chi connectivity index (χ2v) is 10.2. The number of aromatic nitrogens is 1. The van der Waals surface area contributed by atoms with E-state index in [9.17, 15) is 14.0 Å². The van der Waals surface area contributed by atoms with Crippen molar-refractivity contribution >= 4 is 34.1 Å². The number of likely N-dealkylation sites (tertiary alicyclic amines) is 1. The molecule has 1 aliphatic heterocycles. The van der Waals surface area contributed by atoms with Crippen LogP contribution in [0.2, 0.25) is 0 Å². The molecular formula is C29H28FN3O2S. The van der Waals surface area contributed by atoms with Gasteiger partial charge in [-0.15, -0.1) is 11.3 Å². The van der Waals surface area contributed by atoms with Gasteiger partial charge in [0.15, 0.2) is 0 Å². The van der Waals surface area contributed by atoms with Crippen molar-refractivity contribution < 1.29 is 14.0 Å². The predicted octanol–water partition coefficient (Wildman–Crippen LogP) is 6.07. The Bertz CT molecular complexity index is 1400. The van der Waals surface area contributed by atoms with E-state index < -0.39 is 5.82 Å². The molecule has 2 aromatic carbocycles. The summed E-state index contributed by atoms with van der Waals surface area (Å²) in [5.74, 6) is -0.499. The summed E-state index contributed by atoms with van der Waals surface area (Å²) in [6.45, 7) is 4.22. The van der Waals surface area contributed by atoms with E-state index >= 15 is 0 Å². The average Bonchev–Trinajstić information content (AvgIpc) is 3.55. The standard InChI is InChI=1S/C29H28FN3O2S/c1-20-10-11-25-22(16-20)17-23(28(31-25)26-8-4-15-36-26)19-33(14-5-13-32-12-3-9-27(32)34)29(35)21-6-2-7-24(30)18-21/h2,4,6-8,10-11,15-18H,3,5,9,12-14,19H2,1H3. The van der Waals surface area contributed by atoms with Crippen LogP contribution in [-0.4, -0.2) is 46.2 Å². The summed E-state index contributed by atoms with van der Waals surface area (Å²) in [7, 11) is 0. The Hall–Kier alpha value is -3.58. The van der Waals surface area contributed by atoms with Gasteiger partial charge in [0, 0.05) is 43.5 Å². The Labute approximate surface area is 214 Å². The van der Waals surface area contributed by atoms with E-state index in [1.54, 1.807) is 28.4 Å². The third-order valence-electron chi connectivity index (χ3n) is 6.55. The number of carbonyl (C=O) groups is 2. The summed E-state index contributed by atoms with van der Waals surface area (Å²) < 4.78 is 14.0. The van der Waals surface area contributed by atoms with Gasteiger partial charge in [0.2, 0.25) is 5.91 Å². The minimum atomic E-state index is -0.439. The number of aryl methyl sites for hydroxylation is 1. The number of nitrogens with zero attached hydrogens (tertiary/aromatic N) is 3. The summed E-state index contributed by atoms with van der Waals surface area (Å²) >= 11 is 1.61. The smallest absolute Gasteiger partial charge is 0.254 e. The Morgan fingerprint density at radius 2 is 2.03 bits per heavy atom. The van der Waals surface area contributed by atoms with E-state index in [4.69, 9.17) is 4.98 Å². The lowest BCUT2D eigenvalue weighted by atomic mass is 10.0. The number of pyridine rings is 1. The monoisotopic (exact) mass is 501 g/mol. The van der Waals surface area contributed by atoms with Crippen molar-refractivity contribution in [3.63, 3.8) is 0 Å². The van der Waals surface area contributed by atoms with Crippen LogP contribution in [0.4, 0.5) is 4.39 Å². The molecule has 5 nitrogen and oxygen atoms in total. The summed E-state index contributed by atoms with van der Waals surface area (Å²) in [6, 6.07) is 18.1. The summed E-state index contributed by atoms with van der Waals surface area (Å²) in [5, 5.41) is 3.04. The number of hydrogen-bond acceptors (Lipinski definition) is 4. The lowest BCUT2D eigenvalue weighted by Crippen LogP contribution is -2.34. The highest BCUT2D eigenvalue weighted by Crippen LogP contribution is 2.31. The van der Waals surface area contributed by atoms with Crippen LogP contribution < -0.4 is 0 Å². The number of benzene rings is 2. The van der Waals surface area contributed by atoms with E-state index in [1.165, 1.54) is 12.1 Å². The molecule has 1 aliphatic rings. The number of thiophene rings is 1. The first-order valence-electron chi connectivity index (χ1n) is 12.2. The van der Waals surface area contributed by atoms with Crippen molar-refractivity contribution in [1.82, 2.24) is 14.8 Å². The normalized spacial score (nSPS) is 13.5. The van der Waals surface area contributed by atoms with Gasteiger partial charge in [-0.25, -0.2) is 9.37 Å². The highest BCUT2D eigenvalue weighted by molar-refractivity contribution is 7.13. The van der Waals surface area contributed by atoms with Crippen LogP contribution in [0.25, 0.3) is 21.5 Å². The third kappa shape index (κ3) is 5.31. The molecule has 7 heteroatoms. The van der Waals surface area contributed by atoms with Crippen LogP contribution in [-0.2, 0) is 11.3 Å². The Kier molecular flexibility index (Phi) is 7.09. The van der Waals surface area contributed by atoms with Gasteiger partial charge in [0.05, 0.1) is 16.1 Å². The van der Waals surface area contributed by atoms with E-state index in [0.29, 0.717) is 38.0 Å². The van der Waals surface area contributed by atoms with Gasteiger partial charge in [-0.3, -0.25) is 9.59 Å². The minimum Gasteiger partial charge on any atom is -0.343 e. The van der Waals surface area contributed by atoms with Gasteiger partial charge in [-0.05, 0) is 73.2 Å². The lowest BCUT2D eigenvalue weighted by molar-refractivity contribution is -0.127. The maximum atomic E-state index is 14.0. The maximum absolute atomic E-state index is 14.0. The van der Waals surface area contributed by atoms with Crippen molar-refractivity contribution in [2.75, 3.05) is 19.6 Å². The number of halogens is 1. The largest absolute Gasteiger partial charge is 0.343 e. The quantitative estimate of drug-likeness (QED) is 0.295. The molecule has 3 heterocycles. The molecule has 1 fully saturated rings. The van der Waals surface area contributed by atoms with Crippen LogP contribution in [0.5, 0.6) is 0 Å². The van der Waals surface area contributed by atoms with Gasteiger partial charge in [-0.1, -0.05) is 23.8 Å². The van der Waals surface area contributed by atoms with Crippen LogP contribution in [0.1, 0.15) is 40.7 Å². The molecule has 0 atom stereocenters. The first-order valence-corrected chi connectivity index (χ1v) is 13.1. The minimum absolute atomic E-state index is 0.173. The summed E-state index contributed by atoms with van der Waals surface area (Å²) in [5.41, 5.74) is 4.16. The van der Waals surface area contributed by atoms with Crippen LogP contribution in [0.3, 0.4) is 0 Å². The molecule has 4 aromatic rings. The lowest BCUT2D eigenvalue weighted by Gasteiger charge is -2.25. The maximum Gasteiger partial charge on any atom is 0.254 e. The zero-order valence-electron chi connectivity index (χ0n) is 20.2. The molecule has 0 unspecified atom stereocenters. The number of hydrogen-bond donors (Lipinski definition) is 0. The predicted molar refractivity (Wildman–Crippen MR) is 141 cm³/mol. The van der Waals surface area contributed by atoms with E-state index in [1.807, 2.05) is 41.5 Å². The van der Waals surface area contributed by atoms with E-state index in [-0.39, 0.29) is 11.8 Å². The fourth-order valence-corrected chi connectivity index (χ4v) is 5.49. The number of amides is 2. The molecular weight excluding hydrogens is 473 g/mol.